The minimum atomic E-state index is 0.358. The normalized spacial score (nSPS) is 9.86. The molecular formula is H116B114. The fourth-order valence-corrected chi connectivity index (χ4v) is 33.6. The van der Waals surface area contributed by atoms with Crippen LogP contribution in [-0.2, 0) is 0 Å². The number of hydrogen-bond donors (Lipinski definition) is 0. The Morgan fingerprint density at radius 2 is 0.0789 bits per heavy atom. The molecule has 0 unspecified atom stereocenters. The zero-order valence-electron chi connectivity index (χ0n) is 90.3. The molecule has 0 saturated heterocycles. The van der Waals surface area contributed by atoms with Crippen LogP contribution in [0.4, 0.5) is 0 Å². The lowest BCUT2D eigenvalue weighted by Gasteiger charge is -2.63. The molecule has 0 aliphatic rings. The van der Waals surface area contributed by atoms with E-state index >= 15 is 0 Å². The third kappa shape index (κ3) is 32.4. The Hall–Kier alpha value is 7.40. The van der Waals surface area contributed by atoms with Gasteiger partial charge in [-0.15, -0.1) is 0 Å². The fourth-order valence-electron chi connectivity index (χ4n) is 33.6. The largest absolute Gasteiger partial charge is 0.0552 e. The van der Waals surface area contributed by atoms with Gasteiger partial charge >= 0.3 is 0 Å². The fraction of sp³-hybridized carbons (Fsp3) is 0. The van der Waals surface area contributed by atoms with Gasteiger partial charge in [-0.25, -0.2) is 0 Å². The van der Waals surface area contributed by atoms with Crippen LogP contribution in [0.3, 0.4) is 0 Å². The highest BCUT2D eigenvalue weighted by atomic mass is 13.5. The standard InChI is InChI=1S/B114H116/c1-59(2)88(60(3)4)102(87(57)58)109(101(85(53)54)86(55)56)113(110(103(89(61(5)6)62(7)8)90(63(9)10)64(11)12)104(91(65(13)14)66(15)16)92(67(17)18)68(19)20)114(111(105(93(69(21)22)70(23)24)94(71(25)26)72(27)28)106(95(73(29)30)74(31)32)96(75(33)34)76(35)36)112(107(97(77(37)38)78(39)40)98(79(41)42)80(43)44)108(99(81(45)46)82(47)48)100(83(49)50)84(51)52/h1-58H2. The minimum absolute atomic E-state index is 0.358. The van der Waals surface area contributed by atoms with Gasteiger partial charge in [0.05, 0.1) is 449 Å². The highest BCUT2D eigenvalue weighted by Gasteiger charge is 2.71. The smallest absolute Gasteiger partial charge is 0.000000133 e. The van der Waals surface area contributed by atoms with Gasteiger partial charge in [0.15, 0.2) is 0 Å². The van der Waals surface area contributed by atoms with Crippen molar-refractivity contribution in [2.75, 3.05) is 0 Å². The lowest BCUT2D eigenvalue weighted by molar-refractivity contribution is 3.11. The van der Waals surface area contributed by atoms with Crippen molar-refractivity contribution in [1.82, 2.24) is 0 Å². The lowest BCUT2D eigenvalue weighted by Crippen LogP contribution is -3.02. The van der Waals surface area contributed by atoms with E-state index in [0.717, 1.165) is 0 Å². The Balaban J connectivity index is 16.0. The van der Waals surface area contributed by atoms with E-state index < -0.39 is 0 Å². The third-order valence-corrected chi connectivity index (χ3v) is 33.9. The first-order valence-corrected chi connectivity index (χ1v) is 51.8. The molecule has 0 nitrogen and oxygen atoms in total. The van der Waals surface area contributed by atoms with E-state index in [9.17, 15) is 0 Å². The van der Waals surface area contributed by atoms with Crippen molar-refractivity contribution in [3.05, 3.63) is 0 Å². The maximum Gasteiger partial charge on any atom is 0.0552 e. The molecule has 0 aromatic rings. The molecule has 0 spiro atoms. The molecule has 0 fully saturated rings. The van der Waals surface area contributed by atoms with Crippen LogP contribution in [0.25, 0.3) is 0 Å². The molecule has 0 aromatic carbocycles. The van der Waals surface area contributed by atoms with Crippen LogP contribution >= 0.6 is 0 Å². The van der Waals surface area contributed by atoms with Gasteiger partial charge in [0.1, 0.15) is 0 Å². The first-order chi connectivity index (χ1) is 51.8. The van der Waals surface area contributed by atoms with Crippen LogP contribution in [-0.4, -0.2) is 806 Å². The first kappa shape index (κ1) is 121. The van der Waals surface area contributed by atoms with Crippen molar-refractivity contribution in [2.24, 2.45) is 0 Å². The van der Waals surface area contributed by atoms with Crippen molar-refractivity contribution in [3.63, 3.8) is 0 Å². The van der Waals surface area contributed by atoms with Gasteiger partial charge in [0, 0.05) is 358 Å². The molecule has 0 heterocycles. The molecule has 0 rings (SSSR count). The van der Waals surface area contributed by atoms with Gasteiger partial charge in [0.2, 0.25) is 0 Å². The molecule has 0 atom stereocenters. The molecule has 0 saturated carbocycles. The summed E-state index contributed by atoms with van der Waals surface area (Å²) in [6.45, 7) is 0. The summed E-state index contributed by atoms with van der Waals surface area (Å²) >= 11 is 0. The summed E-state index contributed by atoms with van der Waals surface area (Å²) in [4.78, 5) is 0. The SMILES string of the molecule is BB(B)B(B(B)B)B(B(B)B)B(B(B(B)B)B(B)B)B(B(B(B(B(B)B)B(B)B)B(B(B)B)B(B)B)B(B(B(B)B)B(B)B)B(B(B)B)B(B)B)B(B(B(B(B(B)B)B(B)B)B(B(B)B)B(B)B)B(B(B(B)B)B(B)B)B(B(B)B)B(B)B)B(B(B(B(B)B)B(B)B)B(B(B)B)B(B)B)B(B(B(B)B)B(B)B)B(B(B)B)B(B)B. The Morgan fingerprint density at radius 1 is 0.0439 bits per heavy atom. The minimum Gasteiger partial charge on any atom is 0.000000133 e. The molecule has 0 bridgehead atoms. The average molecular weight is 1350 g/mol. The quantitative estimate of drug-likeness (QED) is 0.0533. The molecule has 0 aliphatic heterocycles. The molecular weight excluding hydrogens is 1230 g/mol. The molecule has 114 heteroatoms. The van der Waals surface area contributed by atoms with Gasteiger partial charge < -0.3 is 0 Å². The van der Waals surface area contributed by atoms with E-state index in [1.807, 2.05) is 0 Å². The summed E-state index contributed by atoms with van der Waals surface area (Å²) in [5.41, 5.74) is 0. The molecule has 0 aliphatic carbocycles. The molecule has 0 radical (unpaired) electrons. The van der Waals surface area contributed by atoms with Gasteiger partial charge in [-0.2, -0.15) is 0 Å². The predicted molar refractivity (Wildman–Crippen MR) is 818 cm³/mol. The van der Waals surface area contributed by atoms with E-state index in [1.165, 1.54) is 0 Å². The summed E-state index contributed by atoms with van der Waals surface area (Å²) < 4.78 is 0. The second-order valence-electron chi connectivity index (χ2n) is 51.7. The molecule has 0 amide bonds. The van der Waals surface area contributed by atoms with Crippen LogP contribution in [0.15, 0.2) is 0 Å². The summed E-state index contributed by atoms with van der Waals surface area (Å²) in [7, 11) is 163. The topological polar surface area (TPSA) is 0 Å². The summed E-state index contributed by atoms with van der Waals surface area (Å²) in [6, 6.07) is 0. The Labute approximate surface area is 797 Å². The van der Waals surface area contributed by atoms with Crippen LogP contribution in [0.1, 0.15) is 0 Å². The Kier molecular flexibility index (Phi) is 59.4. The molecule has 114 heavy (non-hydrogen) atoms. The van der Waals surface area contributed by atoms with Crippen LogP contribution in [0, 0.1) is 0 Å². The lowest BCUT2D eigenvalue weighted by atomic mass is 8.17. The van der Waals surface area contributed by atoms with Crippen LogP contribution < -0.4 is 0 Å². The van der Waals surface area contributed by atoms with Crippen molar-refractivity contribution in [3.8, 4) is 0 Å². The summed E-state index contributed by atoms with van der Waals surface area (Å²) in [6.07, 6.45) is 27.3. The maximum atomic E-state index is 2.88. The first-order valence-electron chi connectivity index (χ1n) is 51.8. The predicted octanol–water partition coefficient (Wildman–Crippen LogP) is -74.5. The highest BCUT2D eigenvalue weighted by molar-refractivity contribution is 8.45. The van der Waals surface area contributed by atoms with E-state index in [0.29, 0.717) is 358 Å². The maximum absolute atomic E-state index is 2.88. The summed E-state index contributed by atoms with van der Waals surface area (Å²) in [5, 5.41) is 0. The highest BCUT2D eigenvalue weighted by Crippen LogP contribution is 2.32. The van der Waals surface area contributed by atoms with Crippen molar-refractivity contribution in [1.29, 1.82) is 0 Å². The zero-order chi connectivity index (χ0) is 90.3. The van der Waals surface area contributed by atoms with E-state index in [1.54, 1.807) is 0 Å². The molecule has 458 valence electrons. The second-order valence-corrected chi connectivity index (χ2v) is 51.7. The monoisotopic (exact) mass is 1370 g/mol. The van der Waals surface area contributed by atoms with E-state index in [4.69, 9.17) is 0 Å². The van der Waals surface area contributed by atoms with E-state index in [2.05, 4.69) is 449 Å². The van der Waals surface area contributed by atoms with Crippen molar-refractivity contribution < 1.29 is 0 Å². The summed E-state index contributed by atoms with van der Waals surface area (Å²) in [5.74, 6) is 0. The van der Waals surface area contributed by atoms with Gasteiger partial charge in [-0.3, -0.25) is 0 Å². The average Bonchev–Trinajstić information content (AvgIpc) is 0.703. The van der Waals surface area contributed by atoms with Crippen LogP contribution in [0.5, 0.6) is 0 Å². The van der Waals surface area contributed by atoms with Crippen molar-refractivity contribution >= 4 is 806 Å². The van der Waals surface area contributed by atoms with Gasteiger partial charge in [-0.1, -0.05) is 0 Å². The second kappa shape index (κ2) is 55.8. The zero-order valence-corrected chi connectivity index (χ0v) is 90.3. The number of rotatable bonds is 55. The Bertz CT molecular complexity index is 1970. The van der Waals surface area contributed by atoms with Crippen LogP contribution in [0.2, 0.25) is 0 Å². The van der Waals surface area contributed by atoms with Gasteiger partial charge in [0.25, 0.3) is 0 Å². The van der Waals surface area contributed by atoms with Crippen molar-refractivity contribution in [2.45, 2.75) is 0 Å². The molecule has 0 N–H and O–H groups in total. The van der Waals surface area contributed by atoms with E-state index in [-0.39, 0.29) is 0 Å². The third-order valence-electron chi connectivity index (χ3n) is 33.9. The van der Waals surface area contributed by atoms with Gasteiger partial charge in [-0.05, 0) is 0 Å². The Morgan fingerprint density at radius 3 is 0.132 bits per heavy atom. The number of hydrogen-bond acceptors (Lipinski definition) is 0. The molecule has 0 aromatic heterocycles.